The van der Waals surface area contributed by atoms with Gasteiger partial charge < -0.3 is 18.9 Å². The summed E-state index contributed by atoms with van der Waals surface area (Å²) in [5, 5.41) is 2.69. The van der Waals surface area contributed by atoms with Gasteiger partial charge in [0.05, 0.1) is 26.4 Å². The molecule has 0 saturated carbocycles. The Bertz CT molecular complexity index is 556. The lowest BCUT2D eigenvalue weighted by Crippen LogP contribution is -2.34. The third-order valence-electron chi connectivity index (χ3n) is 3.54. The van der Waals surface area contributed by atoms with E-state index in [4.69, 9.17) is 18.9 Å². The lowest BCUT2D eigenvalue weighted by molar-refractivity contribution is 0.0949. The summed E-state index contributed by atoms with van der Waals surface area (Å²) in [6.45, 7) is 1.93. The summed E-state index contributed by atoms with van der Waals surface area (Å²) >= 11 is 0. The third kappa shape index (κ3) is 5.82. The number of methoxy groups -OCH3 is 2. The van der Waals surface area contributed by atoms with Crippen molar-refractivity contribution in [2.75, 3.05) is 40.6 Å². The van der Waals surface area contributed by atoms with Crippen molar-refractivity contribution in [3.05, 3.63) is 29.8 Å². The molecule has 2 rings (SSSR count). The first-order valence-electron chi connectivity index (χ1n) is 7.96. The first-order valence-corrected chi connectivity index (χ1v) is 7.96. The van der Waals surface area contributed by atoms with E-state index in [0.717, 1.165) is 19.4 Å². The van der Waals surface area contributed by atoms with Crippen molar-refractivity contribution in [3.63, 3.8) is 0 Å². The zero-order valence-electron chi connectivity index (χ0n) is 14.1. The van der Waals surface area contributed by atoms with Gasteiger partial charge in [-0.2, -0.15) is 0 Å². The summed E-state index contributed by atoms with van der Waals surface area (Å²) in [5.41, 5.74) is 0.467. The van der Waals surface area contributed by atoms with Crippen LogP contribution in [0.1, 0.15) is 23.2 Å². The molecule has 24 heavy (non-hydrogen) atoms. The maximum absolute atomic E-state index is 12.4. The highest BCUT2D eigenvalue weighted by atomic mass is 16.5. The van der Waals surface area contributed by atoms with Crippen LogP contribution in [0.2, 0.25) is 0 Å². The van der Waals surface area contributed by atoms with Gasteiger partial charge in [-0.25, -0.2) is 4.99 Å². The predicted octanol–water partition coefficient (Wildman–Crippen LogP) is 1.62. The van der Waals surface area contributed by atoms with Crippen LogP contribution < -0.4 is 10.1 Å². The molecule has 1 aromatic carbocycles. The fourth-order valence-corrected chi connectivity index (χ4v) is 2.25. The Morgan fingerprint density at radius 2 is 2.25 bits per heavy atom. The maximum atomic E-state index is 12.4. The van der Waals surface area contributed by atoms with E-state index in [9.17, 15) is 4.79 Å². The molecule has 7 heteroatoms. The van der Waals surface area contributed by atoms with Crippen molar-refractivity contribution >= 4 is 11.9 Å². The van der Waals surface area contributed by atoms with Gasteiger partial charge >= 0.3 is 0 Å². The van der Waals surface area contributed by atoms with Crippen LogP contribution in [0.25, 0.3) is 0 Å². The average molecular weight is 336 g/mol. The van der Waals surface area contributed by atoms with Crippen molar-refractivity contribution in [3.8, 4) is 5.75 Å². The average Bonchev–Trinajstić information content (AvgIpc) is 3.13. The molecule has 0 unspecified atom stereocenters. The molecule has 1 fully saturated rings. The molecular weight excluding hydrogens is 312 g/mol. The number of rotatable bonds is 7. The number of amidine groups is 1. The van der Waals surface area contributed by atoms with Gasteiger partial charge in [-0.3, -0.25) is 10.1 Å². The molecule has 1 heterocycles. The number of hydrogen-bond acceptors (Lipinski definition) is 6. The number of carbonyl (C=O) groups is 1. The molecule has 1 N–H and O–H groups in total. The minimum absolute atomic E-state index is 0.0831. The molecule has 0 spiro atoms. The van der Waals surface area contributed by atoms with Gasteiger partial charge in [-0.15, -0.1) is 0 Å². The van der Waals surface area contributed by atoms with Crippen LogP contribution in [0.5, 0.6) is 5.75 Å². The molecule has 1 aromatic rings. The Hall–Kier alpha value is -2.12. The Kier molecular flexibility index (Phi) is 7.51. The normalized spacial score (nSPS) is 17.6. The molecule has 0 bridgehead atoms. The largest absolute Gasteiger partial charge is 0.497 e. The number of aliphatic imine (C=N–C) groups is 1. The van der Waals surface area contributed by atoms with Crippen molar-refractivity contribution in [2.24, 2.45) is 4.99 Å². The minimum Gasteiger partial charge on any atom is -0.497 e. The van der Waals surface area contributed by atoms with E-state index in [-0.39, 0.29) is 18.0 Å². The van der Waals surface area contributed by atoms with E-state index in [0.29, 0.717) is 31.1 Å². The Morgan fingerprint density at radius 3 is 2.96 bits per heavy atom. The lowest BCUT2D eigenvalue weighted by atomic mass is 10.2. The molecule has 1 aliphatic rings. The number of hydrogen-bond donors (Lipinski definition) is 1. The van der Waals surface area contributed by atoms with E-state index in [1.165, 1.54) is 0 Å². The molecule has 1 amide bonds. The van der Waals surface area contributed by atoms with Crippen LogP contribution in [0, 0.1) is 0 Å². The summed E-state index contributed by atoms with van der Waals surface area (Å²) in [5.74, 6) is 0.304. The second-order valence-electron chi connectivity index (χ2n) is 5.31. The van der Waals surface area contributed by atoms with Gasteiger partial charge in [0.2, 0.25) is 0 Å². The zero-order valence-corrected chi connectivity index (χ0v) is 14.1. The minimum atomic E-state index is -0.308. The van der Waals surface area contributed by atoms with E-state index in [1.807, 2.05) is 0 Å². The molecule has 1 atom stereocenters. The van der Waals surface area contributed by atoms with Gasteiger partial charge in [-0.1, -0.05) is 6.07 Å². The van der Waals surface area contributed by atoms with Gasteiger partial charge in [-0.05, 0) is 31.0 Å². The molecule has 0 aromatic heterocycles. The van der Waals surface area contributed by atoms with Crippen molar-refractivity contribution in [1.29, 1.82) is 0 Å². The number of nitrogens with one attached hydrogen (secondary N) is 1. The lowest BCUT2D eigenvalue weighted by Gasteiger charge is -2.12. The second-order valence-corrected chi connectivity index (χ2v) is 5.31. The smallest absolute Gasteiger partial charge is 0.291 e. The van der Waals surface area contributed by atoms with E-state index >= 15 is 0 Å². The van der Waals surface area contributed by atoms with Crippen LogP contribution in [-0.2, 0) is 14.2 Å². The standard InChI is InChI=1S/C17H24N2O5/c1-21-9-10-24-17(18-12-15-7-4-8-23-15)19-16(20)13-5-3-6-14(11-13)22-2/h3,5-6,11,15H,4,7-10,12H2,1-2H3,(H,18,19,20)/t15-/m0/s1. The highest BCUT2D eigenvalue weighted by molar-refractivity contribution is 6.04. The summed E-state index contributed by atoms with van der Waals surface area (Å²) in [7, 11) is 3.14. The Balaban J connectivity index is 1.99. The molecule has 0 radical (unpaired) electrons. The fraction of sp³-hybridized carbons (Fsp3) is 0.529. The first-order chi connectivity index (χ1) is 11.7. The van der Waals surface area contributed by atoms with Crippen LogP contribution >= 0.6 is 0 Å². The fourth-order valence-electron chi connectivity index (χ4n) is 2.25. The summed E-state index contributed by atoms with van der Waals surface area (Å²) < 4.78 is 21.1. The summed E-state index contributed by atoms with van der Waals surface area (Å²) in [6.07, 6.45) is 2.09. The van der Waals surface area contributed by atoms with E-state index in [2.05, 4.69) is 10.3 Å². The van der Waals surface area contributed by atoms with E-state index < -0.39 is 0 Å². The SMILES string of the molecule is COCCOC(=NC[C@@H]1CCCO1)NC(=O)c1cccc(OC)c1. The predicted molar refractivity (Wildman–Crippen MR) is 89.6 cm³/mol. The second kappa shape index (κ2) is 9.89. The van der Waals surface area contributed by atoms with Crippen LogP contribution in [0.4, 0.5) is 0 Å². The molecule has 7 nitrogen and oxygen atoms in total. The summed E-state index contributed by atoms with van der Waals surface area (Å²) in [6, 6.07) is 7.06. The number of benzene rings is 1. The topological polar surface area (TPSA) is 78.4 Å². The van der Waals surface area contributed by atoms with Crippen LogP contribution in [0.3, 0.4) is 0 Å². The number of ether oxygens (including phenoxy) is 4. The molecule has 1 aliphatic heterocycles. The monoisotopic (exact) mass is 336 g/mol. The summed E-state index contributed by atoms with van der Waals surface area (Å²) in [4.78, 5) is 16.7. The number of nitrogens with zero attached hydrogens (tertiary/aromatic N) is 1. The highest BCUT2D eigenvalue weighted by Crippen LogP contribution is 2.13. The Morgan fingerprint density at radius 1 is 1.38 bits per heavy atom. The first kappa shape index (κ1) is 18.2. The van der Waals surface area contributed by atoms with Gasteiger partial charge in [0.1, 0.15) is 12.4 Å². The van der Waals surface area contributed by atoms with Crippen molar-refractivity contribution in [1.82, 2.24) is 5.32 Å². The molecule has 0 aliphatic carbocycles. The van der Waals surface area contributed by atoms with Gasteiger partial charge in [0.15, 0.2) is 0 Å². The van der Waals surface area contributed by atoms with Gasteiger partial charge in [0, 0.05) is 19.3 Å². The highest BCUT2D eigenvalue weighted by Gasteiger charge is 2.16. The van der Waals surface area contributed by atoms with Crippen molar-refractivity contribution in [2.45, 2.75) is 18.9 Å². The van der Waals surface area contributed by atoms with Crippen LogP contribution in [-0.4, -0.2) is 58.6 Å². The number of amides is 1. The molecule has 1 saturated heterocycles. The quantitative estimate of drug-likeness (QED) is 0.465. The third-order valence-corrected chi connectivity index (χ3v) is 3.54. The van der Waals surface area contributed by atoms with E-state index in [1.54, 1.807) is 38.5 Å². The van der Waals surface area contributed by atoms with Crippen molar-refractivity contribution < 1.29 is 23.7 Å². The Labute approximate surface area is 142 Å². The maximum Gasteiger partial charge on any atom is 0.291 e. The molecular formula is C17H24N2O5. The molecule has 132 valence electrons. The van der Waals surface area contributed by atoms with Crippen LogP contribution in [0.15, 0.2) is 29.3 Å². The number of carbonyl (C=O) groups excluding carboxylic acids is 1. The zero-order chi connectivity index (χ0) is 17.2. The van der Waals surface area contributed by atoms with Gasteiger partial charge in [0.25, 0.3) is 11.9 Å².